The first kappa shape index (κ1) is 16.1. The second-order valence-corrected chi connectivity index (χ2v) is 9.93. The molecule has 0 N–H and O–H groups in total. The van der Waals surface area contributed by atoms with E-state index >= 15 is 0 Å². The van der Waals surface area contributed by atoms with E-state index < -0.39 is 0 Å². The molecule has 3 nitrogen and oxygen atoms in total. The van der Waals surface area contributed by atoms with Gasteiger partial charge in [0, 0.05) is 18.3 Å². The Morgan fingerprint density at radius 2 is 1.72 bits per heavy atom. The molecule has 6 atom stereocenters. The van der Waals surface area contributed by atoms with Crippen molar-refractivity contribution >= 4 is 11.8 Å². The molecular formula is C22H30O3. The molecule has 4 aliphatic carbocycles. The topological polar surface area (TPSA) is 43.4 Å². The highest BCUT2D eigenvalue weighted by molar-refractivity contribution is 5.91. The predicted octanol–water partition coefficient (Wildman–Crippen LogP) is 4.59. The molecule has 136 valence electrons. The predicted molar refractivity (Wildman–Crippen MR) is 94.8 cm³/mol. The molecule has 3 saturated carbocycles. The van der Waals surface area contributed by atoms with Crippen LogP contribution in [0.3, 0.4) is 0 Å². The maximum atomic E-state index is 11.9. The number of hydrogen-bond donors (Lipinski definition) is 0. The van der Waals surface area contributed by atoms with Gasteiger partial charge in [-0.3, -0.25) is 9.59 Å². The van der Waals surface area contributed by atoms with E-state index in [4.69, 9.17) is 4.74 Å². The highest BCUT2D eigenvalue weighted by Gasteiger charge is 2.66. The van der Waals surface area contributed by atoms with E-state index in [1.165, 1.54) is 31.3 Å². The first-order valence-electron chi connectivity index (χ1n) is 10.3. The number of carbonyl (C=O) groups is 2. The van der Waals surface area contributed by atoms with Crippen LogP contribution in [0, 0.1) is 28.6 Å². The maximum Gasteiger partial charge on any atom is 0.306 e. The van der Waals surface area contributed by atoms with Crippen molar-refractivity contribution in [1.82, 2.24) is 0 Å². The minimum absolute atomic E-state index is 0.0237. The summed E-state index contributed by atoms with van der Waals surface area (Å²) in [5.74, 6) is 2.51. The highest BCUT2D eigenvalue weighted by Crippen LogP contribution is 2.69. The standard InChI is InChI=1S/C22H30O3/c1-20-9-5-15(23)13-14(20)3-4-16-17(20)6-10-21(2)18(16)7-11-22(21)12-8-19(24)25-22/h13,16-18H,3-12H2,1-2H3/t16-,17+,18+,20+,21-,22-/m0/s1. The van der Waals surface area contributed by atoms with Crippen LogP contribution in [0.2, 0.25) is 0 Å². The van der Waals surface area contributed by atoms with Gasteiger partial charge < -0.3 is 4.74 Å². The lowest BCUT2D eigenvalue weighted by Gasteiger charge is -2.59. The number of carbonyl (C=O) groups excluding carboxylic acids is 2. The van der Waals surface area contributed by atoms with Gasteiger partial charge in [-0.25, -0.2) is 0 Å². The average molecular weight is 342 g/mol. The van der Waals surface area contributed by atoms with Gasteiger partial charge in [-0.2, -0.15) is 0 Å². The van der Waals surface area contributed by atoms with Gasteiger partial charge >= 0.3 is 5.97 Å². The van der Waals surface area contributed by atoms with Crippen molar-refractivity contribution in [2.75, 3.05) is 0 Å². The number of ether oxygens (including phenoxy) is 1. The highest BCUT2D eigenvalue weighted by atomic mass is 16.6. The van der Waals surface area contributed by atoms with Crippen LogP contribution in [0.15, 0.2) is 11.6 Å². The van der Waals surface area contributed by atoms with Crippen molar-refractivity contribution in [1.29, 1.82) is 0 Å². The lowest BCUT2D eigenvalue weighted by molar-refractivity contribution is -0.168. The minimum Gasteiger partial charge on any atom is -0.458 e. The van der Waals surface area contributed by atoms with Crippen LogP contribution in [0.25, 0.3) is 0 Å². The smallest absolute Gasteiger partial charge is 0.306 e. The van der Waals surface area contributed by atoms with Crippen LogP contribution in [0.4, 0.5) is 0 Å². The molecule has 0 aromatic carbocycles. The van der Waals surface area contributed by atoms with Crippen LogP contribution < -0.4 is 0 Å². The molecular weight excluding hydrogens is 312 g/mol. The summed E-state index contributed by atoms with van der Waals surface area (Å²) in [6.07, 6.45) is 12.3. The molecule has 0 aromatic heterocycles. The second-order valence-electron chi connectivity index (χ2n) is 9.93. The number of rotatable bonds is 0. The molecule has 25 heavy (non-hydrogen) atoms. The molecule has 1 heterocycles. The van der Waals surface area contributed by atoms with Crippen molar-refractivity contribution < 1.29 is 14.3 Å². The molecule has 0 amide bonds. The molecule has 1 spiro atoms. The van der Waals surface area contributed by atoms with Crippen molar-refractivity contribution in [3.63, 3.8) is 0 Å². The lowest BCUT2D eigenvalue weighted by atomic mass is 9.46. The van der Waals surface area contributed by atoms with Crippen LogP contribution in [0.1, 0.15) is 78.1 Å². The average Bonchev–Trinajstić information content (AvgIpc) is 3.10. The Bertz CT molecular complexity index is 679. The van der Waals surface area contributed by atoms with Gasteiger partial charge in [0.25, 0.3) is 0 Å². The first-order valence-corrected chi connectivity index (χ1v) is 10.3. The number of fused-ring (bicyclic) bond motifs is 6. The Morgan fingerprint density at radius 3 is 2.48 bits per heavy atom. The van der Waals surface area contributed by atoms with E-state index in [0.29, 0.717) is 24.0 Å². The number of esters is 1. The Hall–Kier alpha value is -1.12. The second kappa shape index (κ2) is 4.98. The van der Waals surface area contributed by atoms with E-state index in [9.17, 15) is 9.59 Å². The van der Waals surface area contributed by atoms with Gasteiger partial charge in [-0.15, -0.1) is 0 Å². The van der Waals surface area contributed by atoms with Crippen molar-refractivity contribution in [2.24, 2.45) is 28.6 Å². The molecule has 0 radical (unpaired) electrons. The van der Waals surface area contributed by atoms with Crippen molar-refractivity contribution in [3.8, 4) is 0 Å². The molecule has 1 aliphatic heterocycles. The van der Waals surface area contributed by atoms with E-state index in [-0.39, 0.29) is 22.4 Å². The third-order valence-corrected chi connectivity index (χ3v) is 9.29. The quantitative estimate of drug-likeness (QED) is 0.605. The fourth-order valence-electron chi connectivity index (χ4n) is 7.85. The minimum atomic E-state index is -0.167. The first-order chi connectivity index (χ1) is 11.9. The fourth-order valence-corrected chi connectivity index (χ4v) is 7.85. The van der Waals surface area contributed by atoms with Crippen molar-refractivity contribution in [3.05, 3.63) is 11.6 Å². The Labute approximate surface area is 150 Å². The molecule has 0 bridgehead atoms. The summed E-state index contributed by atoms with van der Waals surface area (Å²) in [6, 6.07) is 0. The SMILES string of the molecule is C[C@]12CC[C@@H]3[C@H](CCC4=CC(=O)CC[C@]43C)[C@H]1CC[C@]21CCC(=O)O1. The van der Waals surface area contributed by atoms with Gasteiger partial charge in [0.2, 0.25) is 0 Å². The zero-order valence-corrected chi connectivity index (χ0v) is 15.6. The third-order valence-electron chi connectivity index (χ3n) is 9.29. The van der Waals surface area contributed by atoms with Gasteiger partial charge in [-0.05, 0) is 80.6 Å². The zero-order chi connectivity index (χ0) is 17.4. The summed E-state index contributed by atoms with van der Waals surface area (Å²) in [6.45, 7) is 4.86. The van der Waals surface area contributed by atoms with Gasteiger partial charge in [0.05, 0.1) is 0 Å². The fraction of sp³-hybridized carbons (Fsp3) is 0.818. The molecule has 5 aliphatic rings. The summed E-state index contributed by atoms with van der Waals surface area (Å²) in [5.41, 5.74) is 1.68. The van der Waals surface area contributed by atoms with Crippen LogP contribution in [0.5, 0.6) is 0 Å². The van der Waals surface area contributed by atoms with Crippen LogP contribution >= 0.6 is 0 Å². The Morgan fingerprint density at radius 1 is 0.920 bits per heavy atom. The molecule has 0 aromatic rings. The number of ketones is 1. The van der Waals surface area contributed by atoms with E-state index in [1.807, 2.05) is 6.08 Å². The van der Waals surface area contributed by atoms with E-state index in [1.54, 1.807) is 0 Å². The van der Waals surface area contributed by atoms with Gasteiger partial charge in [0.1, 0.15) is 5.60 Å². The molecule has 4 fully saturated rings. The van der Waals surface area contributed by atoms with E-state index in [2.05, 4.69) is 13.8 Å². The normalized spacial score (nSPS) is 51.6. The van der Waals surface area contributed by atoms with Crippen LogP contribution in [-0.4, -0.2) is 17.4 Å². The number of allylic oxidation sites excluding steroid dienone is 1. The largest absolute Gasteiger partial charge is 0.458 e. The third kappa shape index (κ3) is 1.93. The lowest BCUT2D eigenvalue weighted by Crippen LogP contribution is -2.54. The summed E-state index contributed by atoms with van der Waals surface area (Å²) in [5, 5.41) is 0. The van der Waals surface area contributed by atoms with Gasteiger partial charge in [-0.1, -0.05) is 19.4 Å². The molecule has 5 rings (SSSR count). The summed E-state index contributed by atoms with van der Waals surface area (Å²) in [4.78, 5) is 23.8. The maximum absolute atomic E-state index is 11.9. The summed E-state index contributed by atoms with van der Waals surface area (Å²) < 4.78 is 6.01. The Kier molecular flexibility index (Phi) is 3.21. The zero-order valence-electron chi connectivity index (χ0n) is 15.6. The molecule has 1 saturated heterocycles. The summed E-state index contributed by atoms with van der Waals surface area (Å²) in [7, 11) is 0. The van der Waals surface area contributed by atoms with E-state index in [0.717, 1.165) is 38.0 Å². The molecule has 0 unspecified atom stereocenters. The molecule has 3 heteroatoms. The summed E-state index contributed by atoms with van der Waals surface area (Å²) >= 11 is 0. The Balaban J connectivity index is 1.49. The van der Waals surface area contributed by atoms with Gasteiger partial charge in [0.15, 0.2) is 5.78 Å². The van der Waals surface area contributed by atoms with Crippen molar-refractivity contribution in [2.45, 2.75) is 83.7 Å². The van der Waals surface area contributed by atoms with Crippen LogP contribution in [-0.2, 0) is 14.3 Å². The monoisotopic (exact) mass is 342 g/mol. The number of hydrogen-bond acceptors (Lipinski definition) is 3.